The van der Waals surface area contributed by atoms with Gasteiger partial charge in [0.05, 0.1) is 5.69 Å². The van der Waals surface area contributed by atoms with Gasteiger partial charge in [-0.3, -0.25) is 4.31 Å². The van der Waals surface area contributed by atoms with E-state index in [-0.39, 0.29) is 22.4 Å². The first-order valence-electron chi connectivity index (χ1n) is 6.13. The van der Waals surface area contributed by atoms with Crippen molar-refractivity contribution in [3.05, 3.63) is 24.3 Å². The maximum absolute atomic E-state index is 5.26. The van der Waals surface area contributed by atoms with Crippen LogP contribution in [0.2, 0.25) is 0 Å². The predicted molar refractivity (Wildman–Crippen MR) is 81.9 cm³/mol. The number of anilines is 1. The minimum Gasteiger partial charge on any atom is -0.470 e. The van der Waals surface area contributed by atoms with E-state index in [1.807, 2.05) is 24.3 Å². The minimum absolute atomic E-state index is 0. The molecule has 2 rings (SSSR count). The number of nitrogens with zero attached hydrogens (tertiary/aromatic N) is 1. The number of hydrogen-bond acceptors (Lipinski definition) is 3. The van der Waals surface area contributed by atoms with E-state index < -0.39 is 0 Å². The van der Waals surface area contributed by atoms with Crippen LogP contribution >= 0.6 is 20.7 Å². The molecule has 1 heterocycles. The molecule has 0 aromatic heterocycles. The second-order valence-electron chi connectivity index (χ2n) is 3.76. The van der Waals surface area contributed by atoms with Crippen molar-refractivity contribution in [2.75, 3.05) is 29.5 Å². The van der Waals surface area contributed by atoms with Gasteiger partial charge in [-0.25, -0.2) is 0 Å². The summed E-state index contributed by atoms with van der Waals surface area (Å²) in [6.07, 6.45) is 4.26. The Labute approximate surface area is 133 Å². The first-order chi connectivity index (χ1) is 8.22. The standard InChI is InChI=1S/C7H7NOS.C6H15P.Au/c10-8-5-9-7-4-2-1-3-6(7)8;1-4-7(5-2)6-3;/h1-4,10H,5H2;4-6H2,1-3H3;. The third kappa shape index (κ3) is 5.54. The average molecular weight is 468 g/mol. The summed E-state index contributed by atoms with van der Waals surface area (Å²) in [5.41, 5.74) is 1.05. The summed E-state index contributed by atoms with van der Waals surface area (Å²) in [7, 11) is 0.446. The maximum Gasteiger partial charge on any atom is 0.171 e. The Morgan fingerprint density at radius 2 is 1.72 bits per heavy atom. The summed E-state index contributed by atoms with van der Waals surface area (Å²) < 4.78 is 7.03. The fraction of sp³-hybridized carbons (Fsp3) is 0.538. The van der Waals surface area contributed by atoms with Crippen molar-refractivity contribution in [3.63, 3.8) is 0 Å². The molecular weight excluding hydrogens is 446 g/mol. The van der Waals surface area contributed by atoms with Crippen LogP contribution in [0.15, 0.2) is 24.3 Å². The summed E-state index contributed by atoms with van der Waals surface area (Å²) in [5, 5.41) is 0. The fourth-order valence-corrected chi connectivity index (χ4v) is 3.23. The molecule has 0 aliphatic carbocycles. The van der Waals surface area contributed by atoms with Crippen molar-refractivity contribution in [3.8, 4) is 5.75 Å². The molecule has 1 aliphatic rings. The van der Waals surface area contributed by atoms with Crippen LogP contribution in [0.5, 0.6) is 5.75 Å². The molecule has 2 nitrogen and oxygen atoms in total. The third-order valence-corrected chi connectivity index (χ3v) is 5.84. The van der Waals surface area contributed by atoms with Crippen LogP contribution in [-0.4, -0.2) is 25.2 Å². The van der Waals surface area contributed by atoms with Gasteiger partial charge in [-0.2, -0.15) is 0 Å². The van der Waals surface area contributed by atoms with E-state index in [0.717, 1.165) is 11.4 Å². The molecule has 107 valence electrons. The number of hydrogen-bond donors (Lipinski definition) is 1. The number of ether oxygens (including phenoxy) is 1. The van der Waals surface area contributed by atoms with Crippen molar-refractivity contribution in [1.29, 1.82) is 0 Å². The molecule has 0 spiro atoms. The van der Waals surface area contributed by atoms with Gasteiger partial charge in [0.1, 0.15) is 5.75 Å². The third-order valence-electron chi connectivity index (χ3n) is 2.83. The summed E-state index contributed by atoms with van der Waals surface area (Å²) >= 11 is 4.18. The molecule has 0 saturated heterocycles. The van der Waals surface area contributed by atoms with Gasteiger partial charge >= 0.3 is 0 Å². The molecule has 1 aliphatic heterocycles. The summed E-state index contributed by atoms with van der Waals surface area (Å²) in [4.78, 5) is 0. The predicted octanol–water partition coefficient (Wildman–Crippen LogP) is 4.21. The van der Waals surface area contributed by atoms with Crippen molar-refractivity contribution < 1.29 is 27.1 Å². The summed E-state index contributed by atoms with van der Waals surface area (Å²) in [6.45, 7) is 7.42. The summed E-state index contributed by atoms with van der Waals surface area (Å²) in [6, 6.07) is 7.84. The Kier molecular flexibility index (Phi) is 10.4. The van der Waals surface area contributed by atoms with Gasteiger partial charge in [0.2, 0.25) is 0 Å². The Morgan fingerprint density at radius 1 is 1.17 bits per heavy atom. The molecule has 1 aromatic carbocycles. The molecule has 0 amide bonds. The summed E-state index contributed by atoms with van der Waals surface area (Å²) in [5.74, 6) is 0.914. The van der Waals surface area contributed by atoms with E-state index in [2.05, 4.69) is 33.6 Å². The van der Waals surface area contributed by atoms with Crippen molar-refractivity contribution in [1.82, 2.24) is 0 Å². The van der Waals surface area contributed by atoms with E-state index >= 15 is 0 Å². The van der Waals surface area contributed by atoms with Crippen LogP contribution in [0, 0.1) is 0 Å². The number of thiol groups is 1. The first kappa shape index (κ1) is 18.3. The topological polar surface area (TPSA) is 12.5 Å². The van der Waals surface area contributed by atoms with Gasteiger partial charge in [-0.1, -0.05) is 45.7 Å². The minimum atomic E-state index is 0. The fourth-order valence-electron chi connectivity index (χ4n) is 1.66. The van der Waals surface area contributed by atoms with E-state index in [4.69, 9.17) is 4.74 Å². The maximum atomic E-state index is 5.26. The molecule has 0 atom stereocenters. The van der Waals surface area contributed by atoms with Gasteiger partial charge in [-0.15, -0.1) is 7.92 Å². The van der Waals surface area contributed by atoms with Crippen molar-refractivity contribution in [2.45, 2.75) is 20.8 Å². The molecule has 18 heavy (non-hydrogen) atoms. The largest absolute Gasteiger partial charge is 0.470 e. The van der Waals surface area contributed by atoms with Crippen LogP contribution in [0.3, 0.4) is 0 Å². The monoisotopic (exact) mass is 468 g/mol. The van der Waals surface area contributed by atoms with Gasteiger partial charge < -0.3 is 4.74 Å². The zero-order valence-corrected chi connectivity index (χ0v) is 15.1. The first-order valence-corrected chi connectivity index (χ1v) is 8.43. The zero-order valence-electron chi connectivity index (χ0n) is 11.2. The Morgan fingerprint density at radius 3 is 2.17 bits per heavy atom. The molecule has 5 heteroatoms. The van der Waals surface area contributed by atoms with Gasteiger partial charge in [0.15, 0.2) is 6.73 Å². The van der Waals surface area contributed by atoms with E-state index in [1.165, 1.54) is 18.5 Å². The number of para-hydroxylation sites is 2. The van der Waals surface area contributed by atoms with E-state index in [0.29, 0.717) is 14.7 Å². The van der Waals surface area contributed by atoms with Crippen LogP contribution in [-0.2, 0) is 22.4 Å². The van der Waals surface area contributed by atoms with Crippen molar-refractivity contribution in [2.24, 2.45) is 0 Å². The SMILES string of the molecule is CCP(CC)CC.SN1COc2ccccc21.[Au]. The normalized spacial score (nSPS) is 12.2. The Hall–Kier alpha value is 0.340. The molecular formula is C13H22AuNOPS. The van der Waals surface area contributed by atoms with Gasteiger partial charge in [-0.05, 0) is 30.6 Å². The quantitative estimate of drug-likeness (QED) is 0.406. The smallest absolute Gasteiger partial charge is 0.171 e. The van der Waals surface area contributed by atoms with Gasteiger partial charge in [0, 0.05) is 22.4 Å². The second-order valence-corrected chi connectivity index (χ2v) is 7.48. The average Bonchev–Trinajstić information content (AvgIpc) is 2.75. The van der Waals surface area contributed by atoms with E-state index in [1.54, 1.807) is 4.31 Å². The molecule has 0 unspecified atom stereocenters. The number of fused-ring (bicyclic) bond motifs is 1. The van der Waals surface area contributed by atoms with Crippen LogP contribution < -0.4 is 9.04 Å². The number of benzene rings is 1. The zero-order chi connectivity index (χ0) is 12.7. The number of rotatable bonds is 3. The Balaban J connectivity index is 0.000000326. The van der Waals surface area contributed by atoms with E-state index in [9.17, 15) is 0 Å². The second kappa shape index (κ2) is 10.2. The molecule has 0 bridgehead atoms. The molecule has 0 N–H and O–H groups in total. The van der Waals surface area contributed by atoms with Crippen LogP contribution in [0.1, 0.15) is 20.8 Å². The van der Waals surface area contributed by atoms with Crippen LogP contribution in [0.4, 0.5) is 5.69 Å². The molecule has 0 saturated carbocycles. The Bertz CT molecular complexity index is 331. The van der Waals surface area contributed by atoms with Crippen molar-refractivity contribution >= 4 is 26.4 Å². The molecule has 0 fully saturated rings. The van der Waals surface area contributed by atoms with Crippen LogP contribution in [0.25, 0.3) is 0 Å². The molecule has 1 radical (unpaired) electrons. The molecule has 1 aromatic rings. The van der Waals surface area contributed by atoms with Gasteiger partial charge in [0.25, 0.3) is 0 Å².